The van der Waals surface area contributed by atoms with Crippen molar-refractivity contribution in [3.8, 4) is 22.6 Å². The largest absolute Gasteiger partial charge is 0.493 e. The quantitative estimate of drug-likeness (QED) is 0.304. The number of benzene rings is 3. The van der Waals surface area contributed by atoms with Crippen LogP contribution >= 0.6 is 0 Å². The van der Waals surface area contributed by atoms with Crippen LogP contribution in [0.3, 0.4) is 0 Å². The summed E-state index contributed by atoms with van der Waals surface area (Å²) in [4.78, 5) is 8.53. The first-order valence-corrected chi connectivity index (χ1v) is 15.6. The van der Waals surface area contributed by atoms with Crippen molar-refractivity contribution in [3.05, 3.63) is 98.9 Å². The molecule has 1 atom stereocenters. The average molecular weight is 595 g/mol. The molecule has 1 unspecified atom stereocenters. The highest BCUT2D eigenvalue weighted by molar-refractivity contribution is 5.69. The first kappa shape index (κ1) is 30.0. The van der Waals surface area contributed by atoms with E-state index in [9.17, 15) is 4.39 Å². The van der Waals surface area contributed by atoms with E-state index in [1.807, 2.05) is 25.1 Å². The molecule has 0 radical (unpaired) electrons. The molecule has 0 amide bonds. The Balaban J connectivity index is 1.34. The number of halogens is 1. The van der Waals surface area contributed by atoms with Crippen molar-refractivity contribution in [3.63, 3.8) is 0 Å². The van der Waals surface area contributed by atoms with Crippen LogP contribution in [0.15, 0.2) is 54.6 Å². The first-order chi connectivity index (χ1) is 21.4. The molecule has 1 saturated heterocycles. The van der Waals surface area contributed by atoms with Gasteiger partial charge in [-0.3, -0.25) is 4.90 Å². The zero-order valence-corrected chi connectivity index (χ0v) is 26.5. The Bertz CT molecular complexity index is 1770. The highest BCUT2D eigenvalue weighted by Crippen LogP contribution is 2.35. The maximum absolute atomic E-state index is 14.3. The van der Waals surface area contributed by atoms with E-state index in [4.69, 9.17) is 9.47 Å². The lowest BCUT2D eigenvalue weighted by Gasteiger charge is -2.36. The molecule has 230 valence electrons. The molecule has 3 aromatic carbocycles. The summed E-state index contributed by atoms with van der Waals surface area (Å²) in [6.07, 6.45) is 5.40. The van der Waals surface area contributed by atoms with Gasteiger partial charge in [-0.1, -0.05) is 30.4 Å². The third-order valence-electron chi connectivity index (χ3n) is 9.16. The highest BCUT2D eigenvalue weighted by atomic mass is 19.1. The van der Waals surface area contributed by atoms with Gasteiger partial charge in [-0.25, -0.2) is 4.39 Å². The second-order valence-electron chi connectivity index (χ2n) is 11.8. The maximum atomic E-state index is 14.3. The number of methoxy groups -OCH3 is 2. The molecule has 0 spiro atoms. The van der Waals surface area contributed by atoms with E-state index in [2.05, 4.69) is 76.4 Å². The molecule has 7 heteroatoms. The lowest BCUT2D eigenvalue weighted by Crippen LogP contribution is -2.46. The van der Waals surface area contributed by atoms with Crippen molar-refractivity contribution in [2.75, 3.05) is 51.8 Å². The van der Waals surface area contributed by atoms with Crippen LogP contribution in [-0.2, 0) is 13.0 Å². The number of aromatic amines is 1. The molecule has 0 aliphatic carbocycles. The van der Waals surface area contributed by atoms with Crippen LogP contribution in [0.25, 0.3) is 23.3 Å². The van der Waals surface area contributed by atoms with Gasteiger partial charge in [0.2, 0.25) is 0 Å². The standard InChI is InChI=1S/C37H43FN4O2/c1-6-30-31-12-13-39-36(37(31)40-33(30)7-2)28-19-25(18-27(20-28)26-9-11-34(43-4)35(21-26)44-5)23-41-14-16-42(17-15-41)29-10-8-24(3)32(38)22-29/h6-11,18-22,36,39-40H,12-17,23H2,1-5H3/b30-6-,33-7+. The van der Waals surface area contributed by atoms with Crippen molar-refractivity contribution in [2.24, 2.45) is 0 Å². The van der Waals surface area contributed by atoms with Crippen LogP contribution in [0.5, 0.6) is 11.5 Å². The molecule has 3 heterocycles. The van der Waals surface area contributed by atoms with Gasteiger partial charge in [0.05, 0.1) is 20.3 Å². The Hall–Kier alpha value is -4.07. The average Bonchev–Trinajstić information content (AvgIpc) is 3.44. The highest BCUT2D eigenvalue weighted by Gasteiger charge is 2.26. The van der Waals surface area contributed by atoms with Gasteiger partial charge in [-0.15, -0.1) is 0 Å². The van der Waals surface area contributed by atoms with Gasteiger partial charge in [0.1, 0.15) is 5.82 Å². The van der Waals surface area contributed by atoms with Crippen LogP contribution in [0, 0.1) is 12.7 Å². The SMILES string of the molecule is C/C=c1/c2c([nH]/c1=C/C)C(c1cc(CN3CCN(c4ccc(C)c(F)c4)CC3)cc(-c3ccc(OC)c(OC)c3)c1)NCC2. The number of piperazine rings is 1. The number of nitrogens with one attached hydrogen (secondary N) is 2. The van der Waals surface area contributed by atoms with Crippen LogP contribution in [-0.4, -0.2) is 56.8 Å². The zero-order chi connectivity index (χ0) is 30.8. The van der Waals surface area contributed by atoms with E-state index in [0.29, 0.717) is 11.3 Å². The Labute approximate surface area is 259 Å². The number of fused-ring (bicyclic) bond motifs is 1. The number of aryl methyl sites for hydroxylation is 1. The molecule has 0 bridgehead atoms. The monoisotopic (exact) mass is 594 g/mol. The summed E-state index contributed by atoms with van der Waals surface area (Å²) in [5.41, 5.74) is 9.06. The first-order valence-electron chi connectivity index (χ1n) is 15.6. The molecule has 44 heavy (non-hydrogen) atoms. The normalized spacial score (nSPS) is 18.0. The molecule has 1 fully saturated rings. The Morgan fingerprint density at radius 3 is 2.39 bits per heavy atom. The van der Waals surface area contributed by atoms with Gasteiger partial charge < -0.3 is 24.7 Å². The van der Waals surface area contributed by atoms with Crippen molar-refractivity contribution in [2.45, 2.75) is 39.8 Å². The summed E-state index contributed by atoms with van der Waals surface area (Å²) in [6.45, 7) is 11.4. The summed E-state index contributed by atoms with van der Waals surface area (Å²) in [7, 11) is 3.34. The molecular formula is C37H43FN4O2. The van der Waals surface area contributed by atoms with E-state index in [0.717, 1.165) is 68.3 Å². The lowest BCUT2D eigenvalue weighted by atomic mass is 9.91. The number of ether oxygens (including phenoxy) is 2. The fourth-order valence-electron chi connectivity index (χ4n) is 6.76. The maximum Gasteiger partial charge on any atom is 0.161 e. The van der Waals surface area contributed by atoms with Crippen molar-refractivity contribution < 1.29 is 13.9 Å². The predicted octanol–water partition coefficient (Wildman–Crippen LogP) is 5.30. The lowest BCUT2D eigenvalue weighted by molar-refractivity contribution is 0.249. The van der Waals surface area contributed by atoms with Crippen molar-refractivity contribution >= 4 is 17.8 Å². The number of rotatable bonds is 7. The van der Waals surface area contributed by atoms with E-state index < -0.39 is 0 Å². The second kappa shape index (κ2) is 12.9. The van der Waals surface area contributed by atoms with Gasteiger partial charge in [-0.05, 0) is 102 Å². The molecule has 1 aromatic heterocycles. The molecule has 2 N–H and O–H groups in total. The molecule has 4 aromatic rings. The number of anilines is 1. The smallest absolute Gasteiger partial charge is 0.161 e. The minimum atomic E-state index is -0.140. The predicted molar refractivity (Wildman–Crippen MR) is 177 cm³/mol. The van der Waals surface area contributed by atoms with E-state index in [-0.39, 0.29) is 11.9 Å². The van der Waals surface area contributed by atoms with E-state index in [1.54, 1.807) is 20.3 Å². The van der Waals surface area contributed by atoms with E-state index >= 15 is 0 Å². The van der Waals surface area contributed by atoms with Gasteiger partial charge in [0.15, 0.2) is 11.5 Å². The third kappa shape index (κ3) is 5.86. The van der Waals surface area contributed by atoms with Gasteiger partial charge in [-0.2, -0.15) is 0 Å². The summed E-state index contributed by atoms with van der Waals surface area (Å²) >= 11 is 0. The minimum Gasteiger partial charge on any atom is -0.493 e. The minimum absolute atomic E-state index is 0.0678. The van der Waals surface area contributed by atoms with Crippen LogP contribution in [0.1, 0.15) is 47.8 Å². The van der Waals surface area contributed by atoms with Crippen LogP contribution < -0.4 is 30.3 Å². The Morgan fingerprint density at radius 2 is 1.68 bits per heavy atom. The van der Waals surface area contributed by atoms with Crippen molar-refractivity contribution in [1.82, 2.24) is 15.2 Å². The molecule has 6 rings (SSSR count). The van der Waals surface area contributed by atoms with Crippen molar-refractivity contribution in [1.29, 1.82) is 0 Å². The Morgan fingerprint density at radius 1 is 0.886 bits per heavy atom. The number of H-pyrrole nitrogens is 1. The summed E-state index contributed by atoms with van der Waals surface area (Å²) in [6, 6.07) is 18.8. The topological polar surface area (TPSA) is 52.8 Å². The Kier molecular flexibility index (Phi) is 8.78. The van der Waals surface area contributed by atoms with E-state index in [1.165, 1.54) is 33.0 Å². The summed E-state index contributed by atoms with van der Waals surface area (Å²) in [5.74, 6) is 1.30. The molecule has 0 saturated carbocycles. The van der Waals surface area contributed by atoms with Crippen LogP contribution in [0.4, 0.5) is 10.1 Å². The molecule has 6 nitrogen and oxygen atoms in total. The fraction of sp³-hybridized carbons (Fsp3) is 0.351. The molecule has 2 aliphatic rings. The number of hydrogen-bond donors (Lipinski definition) is 2. The number of hydrogen-bond acceptors (Lipinski definition) is 5. The zero-order valence-electron chi connectivity index (χ0n) is 26.5. The van der Waals surface area contributed by atoms with Crippen LogP contribution in [0.2, 0.25) is 0 Å². The number of aromatic nitrogens is 1. The molecular weight excluding hydrogens is 551 g/mol. The molecule has 2 aliphatic heterocycles. The van der Waals surface area contributed by atoms with Gasteiger partial charge in [0, 0.05) is 56.0 Å². The van der Waals surface area contributed by atoms with Gasteiger partial charge >= 0.3 is 0 Å². The number of nitrogens with zero attached hydrogens (tertiary/aromatic N) is 2. The second-order valence-corrected chi connectivity index (χ2v) is 11.8. The summed E-state index contributed by atoms with van der Waals surface area (Å²) < 4.78 is 25.4. The van der Waals surface area contributed by atoms with Gasteiger partial charge in [0.25, 0.3) is 0 Å². The third-order valence-corrected chi connectivity index (χ3v) is 9.16. The fourth-order valence-corrected chi connectivity index (χ4v) is 6.76. The summed E-state index contributed by atoms with van der Waals surface area (Å²) in [5, 5.41) is 6.31.